The Labute approximate surface area is 256 Å². The Bertz CT molecular complexity index is 1340. The van der Waals surface area contributed by atoms with Crippen molar-refractivity contribution in [2.24, 2.45) is 28.6 Å². The van der Waals surface area contributed by atoms with E-state index in [4.69, 9.17) is 9.47 Å². The van der Waals surface area contributed by atoms with E-state index in [1.807, 2.05) is 6.92 Å². The lowest BCUT2D eigenvalue weighted by Gasteiger charge is -2.60. The first kappa shape index (κ1) is 32.0. The van der Waals surface area contributed by atoms with Crippen LogP contribution in [0.4, 0.5) is 0 Å². The molecule has 240 valence electrons. The molecule has 12 heteroatoms. The summed E-state index contributed by atoms with van der Waals surface area (Å²) in [5.74, 6) is -2.41. The van der Waals surface area contributed by atoms with Crippen LogP contribution in [0.1, 0.15) is 77.3 Å². The van der Waals surface area contributed by atoms with Crippen LogP contribution >= 0.6 is 0 Å². The number of methoxy groups -OCH3 is 1. The monoisotopic (exact) mass is 613 g/mol. The lowest BCUT2D eigenvalue weighted by molar-refractivity contribution is -0.184. The highest BCUT2D eigenvalue weighted by Gasteiger charge is 2.68. The molecule has 4 aliphatic rings. The Morgan fingerprint density at radius 2 is 1.93 bits per heavy atom. The van der Waals surface area contributed by atoms with Gasteiger partial charge in [0.25, 0.3) is 0 Å². The summed E-state index contributed by atoms with van der Waals surface area (Å²) in [6.45, 7) is 3.38. The van der Waals surface area contributed by atoms with Crippen molar-refractivity contribution in [3.8, 4) is 0 Å². The van der Waals surface area contributed by atoms with E-state index in [1.54, 1.807) is 6.08 Å². The minimum Gasteiger partial charge on any atom is -0.467 e. The fourth-order valence-corrected chi connectivity index (χ4v) is 8.92. The predicted molar refractivity (Wildman–Crippen MR) is 154 cm³/mol. The highest BCUT2D eigenvalue weighted by atomic mass is 16.5. The number of ether oxygens (including phenoxy) is 2. The van der Waals surface area contributed by atoms with Crippen LogP contribution in [0.5, 0.6) is 0 Å². The van der Waals surface area contributed by atoms with Gasteiger partial charge in [-0.1, -0.05) is 19.4 Å². The molecule has 44 heavy (non-hydrogen) atoms. The molecule has 0 spiro atoms. The van der Waals surface area contributed by atoms with Gasteiger partial charge in [0, 0.05) is 36.6 Å². The van der Waals surface area contributed by atoms with Crippen LogP contribution < -0.4 is 5.32 Å². The quantitative estimate of drug-likeness (QED) is 0.283. The maximum atomic E-state index is 13.5. The van der Waals surface area contributed by atoms with Crippen LogP contribution in [0.15, 0.2) is 24.2 Å². The van der Waals surface area contributed by atoms with Gasteiger partial charge in [0.15, 0.2) is 12.4 Å². The fraction of sp³-hybridized carbons (Fsp3) is 0.688. The Hall–Kier alpha value is -3.38. The predicted octanol–water partition coefficient (Wildman–Crippen LogP) is 1.74. The van der Waals surface area contributed by atoms with E-state index in [9.17, 15) is 34.2 Å². The van der Waals surface area contributed by atoms with Crippen molar-refractivity contribution in [3.63, 3.8) is 0 Å². The van der Waals surface area contributed by atoms with Gasteiger partial charge < -0.3 is 30.0 Å². The SMILES string of the molecule is COC(=O)C(Cc1cnc[nH]1)NC(=O)CCC(=O)OCC(=O)[C@@]1(O)CCC2C3CCC4=CC(=O)CC[C@]4(C)C3C(O)C[C@@]21C. The van der Waals surface area contributed by atoms with Crippen molar-refractivity contribution in [2.75, 3.05) is 13.7 Å². The minimum atomic E-state index is -1.76. The molecule has 0 aliphatic heterocycles. The van der Waals surface area contributed by atoms with Gasteiger partial charge in [0.2, 0.25) is 11.7 Å². The van der Waals surface area contributed by atoms with E-state index in [1.165, 1.54) is 19.6 Å². The molecule has 1 aromatic heterocycles. The van der Waals surface area contributed by atoms with Crippen LogP contribution in [-0.4, -0.2) is 81.1 Å². The molecule has 1 aromatic rings. The van der Waals surface area contributed by atoms with Gasteiger partial charge in [-0.3, -0.25) is 19.2 Å². The number of Topliss-reactive ketones (excluding diaryl/α,β-unsaturated/α-hetero) is 1. The van der Waals surface area contributed by atoms with Gasteiger partial charge in [0.1, 0.15) is 11.6 Å². The molecule has 3 saturated carbocycles. The second kappa shape index (κ2) is 12.2. The Balaban J connectivity index is 1.16. The van der Waals surface area contributed by atoms with E-state index in [0.717, 1.165) is 18.4 Å². The average molecular weight is 614 g/mol. The molecule has 1 heterocycles. The molecule has 0 saturated heterocycles. The number of allylic oxidation sites excluding steroid dienone is 1. The van der Waals surface area contributed by atoms with E-state index in [2.05, 4.69) is 22.2 Å². The van der Waals surface area contributed by atoms with Crippen molar-refractivity contribution >= 4 is 29.4 Å². The summed E-state index contributed by atoms with van der Waals surface area (Å²) in [4.78, 5) is 69.4. The topological polar surface area (TPSA) is 185 Å². The third-order valence-electron chi connectivity index (χ3n) is 11.2. The molecule has 12 nitrogen and oxygen atoms in total. The lowest BCUT2D eigenvalue weighted by Crippen LogP contribution is -2.62. The number of aromatic nitrogens is 2. The summed E-state index contributed by atoms with van der Waals surface area (Å²) >= 11 is 0. The normalized spacial score (nSPS) is 34.9. The third-order valence-corrected chi connectivity index (χ3v) is 11.2. The molecule has 8 atom stereocenters. The molecule has 3 fully saturated rings. The van der Waals surface area contributed by atoms with Crippen molar-refractivity contribution < 1.29 is 43.7 Å². The summed E-state index contributed by atoms with van der Waals surface area (Å²) in [5.41, 5.74) is -1.20. The number of hydrogen-bond donors (Lipinski definition) is 4. The summed E-state index contributed by atoms with van der Waals surface area (Å²) < 4.78 is 9.96. The second-order valence-corrected chi connectivity index (χ2v) is 13.5. The molecule has 5 rings (SSSR count). The van der Waals surface area contributed by atoms with Crippen LogP contribution in [0.3, 0.4) is 0 Å². The number of hydrogen-bond acceptors (Lipinski definition) is 10. The number of amides is 1. The number of carbonyl (C=O) groups excluding carboxylic acids is 5. The highest BCUT2D eigenvalue weighted by molar-refractivity contribution is 5.92. The maximum Gasteiger partial charge on any atom is 0.328 e. The third kappa shape index (κ3) is 5.62. The highest BCUT2D eigenvalue weighted by Crippen LogP contribution is 2.67. The number of ketones is 2. The number of H-pyrrole nitrogens is 1. The number of imidazole rings is 1. The number of aliphatic hydroxyl groups is 2. The zero-order chi connectivity index (χ0) is 31.9. The van der Waals surface area contributed by atoms with Crippen LogP contribution in [0.25, 0.3) is 0 Å². The summed E-state index contributed by atoms with van der Waals surface area (Å²) in [6.07, 6.45) is 7.31. The zero-order valence-corrected chi connectivity index (χ0v) is 25.6. The first-order valence-electron chi connectivity index (χ1n) is 15.5. The number of carbonyl (C=O) groups is 5. The first-order valence-corrected chi connectivity index (χ1v) is 15.5. The van der Waals surface area contributed by atoms with Gasteiger partial charge in [0.05, 0.1) is 26.0 Å². The van der Waals surface area contributed by atoms with Crippen LogP contribution in [-0.2, 0) is 39.9 Å². The number of esters is 2. The van der Waals surface area contributed by atoms with Crippen LogP contribution in [0, 0.1) is 28.6 Å². The van der Waals surface area contributed by atoms with Crippen molar-refractivity contribution in [2.45, 2.75) is 95.8 Å². The summed E-state index contributed by atoms with van der Waals surface area (Å²) in [5, 5.41) is 25.9. The molecular weight excluding hydrogens is 570 g/mol. The molecule has 0 bridgehead atoms. The summed E-state index contributed by atoms with van der Waals surface area (Å²) in [6, 6.07) is -0.976. The van der Waals surface area contributed by atoms with E-state index in [-0.39, 0.29) is 61.1 Å². The zero-order valence-electron chi connectivity index (χ0n) is 25.6. The molecule has 1 amide bonds. The van der Waals surface area contributed by atoms with Gasteiger partial charge in [-0.15, -0.1) is 0 Å². The minimum absolute atomic E-state index is 0.00441. The largest absolute Gasteiger partial charge is 0.467 e. The van der Waals surface area contributed by atoms with Crippen LogP contribution in [0.2, 0.25) is 0 Å². The maximum absolute atomic E-state index is 13.5. The Kier molecular flexibility index (Phi) is 8.87. The number of nitrogens with zero attached hydrogens (tertiary/aromatic N) is 1. The Morgan fingerprint density at radius 3 is 2.64 bits per heavy atom. The van der Waals surface area contributed by atoms with Crippen molar-refractivity contribution in [3.05, 3.63) is 29.9 Å². The van der Waals surface area contributed by atoms with Gasteiger partial charge >= 0.3 is 11.9 Å². The second-order valence-electron chi connectivity index (χ2n) is 13.5. The number of rotatable bonds is 10. The number of aliphatic hydroxyl groups excluding tert-OH is 1. The van der Waals surface area contributed by atoms with E-state index < -0.39 is 53.4 Å². The van der Waals surface area contributed by atoms with E-state index in [0.29, 0.717) is 25.0 Å². The molecular formula is C32H43N3O9. The summed E-state index contributed by atoms with van der Waals surface area (Å²) in [7, 11) is 1.21. The fourth-order valence-electron chi connectivity index (χ4n) is 8.92. The first-order chi connectivity index (χ1) is 20.8. The average Bonchev–Trinajstić information content (AvgIpc) is 3.60. The van der Waals surface area contributed by atoms with Gasteiger partial charge in [-0.05, 0) is 67.8 Å². The smallest absolute Gasteiger partial charge is 0.328 e. The van der Waals surface area contributed by atoms with Crippen molar-refractivity contribution in [1.82, 2.24) is 15.3 Å². The van der Waals surface area contributed by atoms with E-state index >= 15 is 0 Å². The molecule has 5 unspecified atom stereocenters. The van der Waals surface area contributed by atoms with Crippen molar-refractivity contribution in [1.29, 1.82) is 0 Å². The number of nitrogens with one attached hydrogen (secondary N) is 2. The molecule has 0 aromatic carbocycles. The van der Waals surface area contributed by atoms with Gasteiger partial charge in [-0.2, -0.15) is 0 Å². The molecule has 4 aliphatic carbocycles. The molecule has 4 N–H and O–H groups in total. The molecule has 0 radical (unpaired) electrons. The van der Waals surface area contributed by atoms with Gasteiger partial charge in [-0.25, -0.2) is 9.78 Å². The number of fused-ring (bicyclic) bond motifs is 5. The Morgan fingerprint density at radius 1 is 1.16 bits per heavy atom. The lowest BCUT2D eigenvalue weighted by atomic mass is 9.45. The number of aromatic amines is 1. The standard InChI is InChI=1S/C32H43N3O9/c1-30-10-8-20(36)12-18(30)4-5-21-22-9-11-32(42,31(22,2)14-24(37)28(21)30)25(38)16-44-27(40)7-6-26(39)35-23(29(41)43-3)13-19-15-33-17-34-19/h12,15,17,21-24,28,37,42H,4-11,13-14,16H2,1-3H3,(H,33,34)(H,35,39)/t21?,22?,23?,24?,28?,30-,31-,32-/m0/s1.